The second kappa shape index (κ2) is 5.93. The molecule has 0 saturated carbocycles. The zero-order chi connectivity index (χ0) is 15.7. The summed E-state index contributed by atoms with van der Waals surface area (Å²) in [6, 6.07) is 9.96. The average molecular weight is 299 g/mol. The van der Waals surface area contributed by atoms with Crippen molar-refractivity contribution in [2.24, 2.45) is 0 Å². The summed E-state index contributed by atoms with van der Waals surface area (Å²) in [7, 11) is 0. The van der Waals surface area contributed by atoms with Crippen molar-refractivity contribution in [2.45, 2.75) is 45.4 Å². The van der Waals surface area contributed by atoms with E-state index in [0.29, 0.717) is 13.0 Å². The number of benzene rings is 1. The van der Waals surface area contributed by atoms with Gasteiger partial charge in [0.05, 0.1) is 17.7 Å². The lowest BCUT2D eigenvalue weighted by Gasteiger charge is -2.36. The lowest BCUT2D eigenvalue weighted by molar-refractivity contribution is -0.144. The van der Waals surface area contributed by atoms with Crippen LogP contribution in [0.15, 0.2) is 36.7 Å². The van der Waals surface area contributed by atoms with E-state index in [0.717, 1.165) is 17.9 Å². The fraction of sp³-hybridized carbons (Fsp3) is 0.412. The van der Waals surface area contributed by atoms with Gasteiger partial charge in [-0.1, -0.05) is 30.3 Å². The van der Waals surface area contributed by atoms with Crippen LogP contribution in [0.5, 0.6) is 0 Å². The van der Waals surface area contributed by atoms with Crippen LogP contribution < -0.4 is 0 Å². The van der Waals surface area contributed by atoms with Crippen molar-refractivity contribution in [1.82, 2.24) is 14.5 Å². The molecule has 1 aliphatic heterocycles. The van der Waals surface area contributed by atoms with Crippen molar-refractivity contribution in [3.05, 3.63) is 53.6 Å². The molecule has 0 aliphatic carbocycles. The van der Waals surface area contributed by atoms with Gasteiger partial charge in [0.1, 0.15) is 6.04 Å². The Balaban J connectivity index is 1.89. The Bertz CT molecular complexity index is 664. The largest absolute Gasteiger partial charge is 0.480 e. The molecule has 1 aromatic carbocycles. The van der Waals surface area contributed by atoms with E-state index in [1.165, 1.54) is 5.56 Å². The Hall–Kier alpha value is -2.14. The molecule has 0 spiro atoms. The molecule has 0 bridgehead atoms. The van der Waals surface area contributed by atoms with Crippen LogP contribution in [0.25, 0.3) is 0 Å². The van der Waals surface area contributed by atoms with Crippen molar-refractivity contribution in [2.75, 3.05) is 0 Å². The summed E-state index contributed by atoms with van der Waals surface area (Å²) in [5.74, 6) is -0.767. The van der Waals surface area contributed by atoms with E-state index in [9.17, 15) is 9.90 Å². The first kappa shape index (κ1) is 14.8. The van der Waals surface area contributed by atoms with Crippen molar-refractivity contribution in [3.63, 3.8) is 0 Å². The minimum atomic E-state index is -0.767. The zero-order valence-electron chi connectivity index (χ0n) is 12.9. The zero-order valence-corrected chi connectivity index (χ0v) is 12.9. The van der Waals surface area contributed by atoms with Gasteiger partial charge in [-0.25, -0.2) is 4.98 Å². The average Bonchev–Trinajstić information content (AvgIpc) is 2.89. The van der Waals surface area contributed by atoms with Gasteiger partial charge in [-0.05, 0) is 19.4 Å². The van der Waals surface area contributed by atoms with E-state index < -0.39 is 12.0 Å². The monoisotopic (exact) mass is 299 g/mol. The van der Waals surface area contributed by atoms with Crippen LogP contribution in [0.1, 0.15) is 30.8 Å². The van der Waals surface area contributed by atoms with Crippen LogP contribution in [-0.2, 0) is 24.3 Å². The van der Waals surface area contributed by atoms with Crippen LogP contribution in [-0.4, -0.2) is 37.6 Å². The highest BCUT2D eigenvalue weighted by Crippen LogP contribution is 2.25. The predicted octanol–water partition coefficient (Wildman–Crippen LogP) is 2.15. The number of imidazole rings is 1. The molecule has 0 saturated heterocycles. The molecular weight excluding hydrogens is 278 g/mol. The molecule has 2 aromatic rings. The first-order valence-electron chi connectivity index (χ1n) is 7.61. The highest BCUT2D eigenvalue weighted by atomic mass is 16.4. The molecule has 3 rings (SSSR count). The normalized spacial score (nSPS) is 18.4. The van der Waals surface area contributed by atoms with Crippen LogP contribution >= 0.6 is 0 Å². The lowest BCUT2D eigenvalue weighted by Crippen LogP contribution is -2.49. The number of carbonyl (C=O) groups is 1. The van der Waals surface area contributed by atoms with Crippen molar-refractivity contribution in [3.8, 4) is 0 Å². The van der Waals surface area contributed by atoms with E-state index >= 15 is 0 Å². The Morgan fingerprint density at radius 2 is 2.09 bits per heavy atom. The summed E-state index contributed by atoms with van der Waals surface area (Å²) in [5.41, 5.74) is 3.27. The third-order valence-electron chi connectivity index (χ3n) is 4.30. The highest BCUT2D eigenvalue weighted by molar-refractivity contribution is 5.74. The van der Waals surface area contributed by atoms with Gasteiger partial charge < -0.3 is 9.67 Å². The van der Waals surface area contributed by atoms with Gasteiger partial charge in [-0.3, -0.25) is 9.69 Å². The van der Waals surface area contributed by atoms with Gasteiger partial charge in [0.25, 0.3) is 0 Å². The van der Waals surface area contributed by atoms with E-state index in [2.05, 4.69) is 21.7 Å². The topological polar surface area (TPSA) is 58.4 Å². The predicted molar refractivity (Wildman–Crippen MR) is 83.6 cm³/mol. The minimum Gasteiger partial charge on any atom is -0.480 e. The number of carboxylic acid groups (broad SMARTS) is 1. The van der Waals surface area contributed by atoms with Gasteiger partial charge in [0, 0.05) is 25.6 Å². The van der Waals surface area contributed by atoms with Crippen molar-refractivity contribution in [1.29, 1.82) is 0 Å². The molecule has 22 heavy (non-hydrogen) atoms. The smallest absolute Gasteiger partial charge is 0.321 e. The maximum Gasteiger partial charge on any atom is 0.321 e. The maximum atomic E-state index is 11.5. The van der Waals surface area contributed by atoms with Gasteiger partial charge in [0.15, 0.2) is 0 Å². The second-order valence-electron chi connectivity index (χ2n) is 6.08. The van der Waals surface area contributed by atoms with E-state index in [-0.39, 0.29) is 6.04 Å². The quantitative estimate of drug-likeness (QED) is 0.940. The Morgan fingerprint density at radius 3 is 2.73 bits per heavy atom. The minimum absolute atomic E-state index is 0.189. The molecule has 1 N–H and O–H groups in total. The van der Waals surface area contributed by atoms with Crippen LogP contribution in [0.4, 0.5) is 0 Å². The molecule has 5 nitrogen and oxygen atoms in total. The first-order valence-corrected chi connectivity index (χ1v) is 7.61. The molecule has 1 atom stereocenters. The number of nitrogens with zero attached hydrogens (tertiary/aromatic N) is 3. The van der Waals surface area contributed by atoms with E-state index in [1.807, 2.05) is 43.3 Å². The van der Waals surface area contributed by atoms with Gasteiger partial charge in [-0.15, -0.1) is 0 Å². The molecule has 0 amide bonds. The molecule has 0 radical (unpaired) electrons. The molecule has 5 heteroatoms. The fourth-order valence-corrected chi connectivity index (χ4v) is 3.07. The van der Waals surface area contributed by atoms with E-state index in [4.69, 9.17) is 0 Å². The molecule has 116 valence electrons. The number of aliphatic carboxylic acids is 1. The number of hydrogen-bond donors (Lipinski definition) is 1. The standard InChI is InChI=1S/C17H21N3O2/c1-12(2)20-10-16-14(8-15(20)17(21)22)18-11-19(16)9-13-6-4-3-5-7-13/h3-7,11-12,15H,8-10H2,1-2H3,(H,21,22). The summed E-state index contributed by atoms with van der Waals surface area (Å²) in [6.45, 7) is 5.49. The number of carboxylic acids is 1. The number of aromatic nitrogens is 2. The fourth-order valence-electron chi connectivity index (χ4n) is 3.07. The molecule has 1 unspecified atom stereocenters. The van der Waals surface area contributed by atoms with Crippen molar-refractivity contribution < 1.29 is 9.90 Å². The third-order valence-corrected chi connectivity index (χ3v) is 4.30. The summed E-state index contributed by atoms with van der Waals surface area (Å²) in [6.07, 6.45) is 2.31. The Labute approximate surface area is 130 Å². The van der Waals surface area contributed by atoms with Crippen LogP contribution in [0.3, 0.4) is 0 Å². The molecule has 2 heterocycles. The second-order valence-corrected chi connectivity index (χ2v) is 6.08. The highest BCUT2D eigenvalue weighted by Gasteiger charge is 2.35. The molecular formula is C17H21N3O2. The maximum absolute atomic E-state index is 11.5. The summed E-state index contributed by atoms with van der Waals surface area (Å²) < 4.78 is 2.14. The molecule has 1 aromatic heterocycles. The van der Waals surface area contributed by atoms with Crippen molar-refractivity contribution >= 4 is 5.97 Å². The van der Waals surface area contributed by atoms with E-state index in [1.54, 1.807) is 0 Å². The summed E-state index contributed by atoms with van der Waals surface area (Å²) in [4.78, 5) is 18.0. The SMILES string of the molecule is CC(C)N1Cc2c(ncn2Cc2ccccc2)CC1C(=O)O. The summed E-state index contributed by atoms with van der Waals surface area (Å²) >= 11 is 0. The molecule has 0 fully saturated rings. The lowest BCUT2D eigenvalue weighted by atomic mass is 10.0. The van der Waals surface area contributed by atoms with Gasteiger partial charge >= 0.3 is 5.97 Å². The number of hydrogen-bond acceptors (Lipinski definition) is 3. The van der Waals surface area contributed by atoms with Crippen LogP contribution in [0, 0.1) is 0 Å². The van der Waals surface area contributed by atoms with Crippen LogP contribution in [0.2, 0.25) is 0 Å². The third kappa shape index (κ3) is 2.76. The number of fused-ring (bicyclic) bond motifs is 1. The number of rotatable bonds is 4. The van der Waals surface area contributed by atoms with Gasteiger partial charge in [-0.2, -0.15) is 0 Å². The summed E-state index contributed by atoms with van der Waals surface area (Å²) in [5, 5.41) is 9.45. The Morgan fingerprint density at radius 1 is 1.36 bits per heavy atom. The Kier molecular flexibility index (Phi) is 3.98. The molecule has 1 aliphatic rings. The van der Waals surface area contributed by atoms with Gasteiger partial charge in [0.2, 0.25) is 0 Å². The first-order chi connectivity index (χ1) is 10.6.